The second-order valence-electron chi connectivity index (χ2n) is 6.81. The Morgan fingerprint density at radius 2 is 1.76 bits per heavy atom. The summed E-state index contributed by atoms with van der Waals surface area (Å²) in [5.74, 6) is 1.50. The molecule has 2 fully saturated rings. The van der Waals surface area contributed by atoms with Crippen molar-refractivity contribution in [2.75, 3.05) is 37.6 Å². The molecule has 2 N–H and O–H groups in total. The Hall–Kier alpha value is -1.06. The van der Waals surface area contributed by atoms with Crippen molar-refractivity contribution < 1.29 is 0 Å². The van der Waals surface area contributed by atoms with Crippen molar-refractivity contribution in [3.63, 3.8) is 0 Å². The minimum absolute atomic E-state index is 0.700. The Balaban J connectivity index is 1.54. The van der Waals surface area contributed by atoms with E-state index in [0.717, 1.165) is 18.5 Å². The largest absolute Gasteiger partial charge is 0.371 e. The zero-order chi connectivity index (χ0) is 14.7. The Morgan fingerprint density at radius 1 is 1.05 bits per heavy atom. The van der Waals surface area contributed by atoms with Crippen LogP contribution in [0.15, 0.2) is 30.3 Å². The van der Waals surface area contributed by atoms with E-state index in [2.05, 4.69) is 47.1 Å². The Kier molecular flexibility index (Phi) is 4.81. The SMILES string of the molecule is CC1CCN(C2CCN(c3ccccc3)CC2)CC1CN. The lowest BCUT2D eigenvalue weighted by Gasteiger charge is -2.44. The molecule has 2 heterocycles. The van der Waals surface area contributed by atoms with Crippen LogP contribution in [0.2, 0.25) is 0 Å². The molecule has 0 bridgehead atoms. The summed E-state index contributed by atoms with van der Waals surface area (Å²) >= 11 is 0. The highest BCUT2D eigenvalue weighted by molar-refractivity contribution is 5.46. The molecule has 3 nitrogen and oxygen atoms in total. The molecule has 3 heteroatoms. The molecule has 1 aromatic rings. The minimum atomic E-state index is 0.700. The van der Waals surface area contributed by atoms with Gasteiger partial charge in [-0.15, -0.1) is 0 Å². The van der Waals surface area contributed by atoms with E-state index < -0.39 is 0 Å². The van der Waals surface area contributed by atoms with Gasteiger partial charge < -0.3 is 10.6 Å². The number of piperidine rings is 2. The fourth-order valence-electron chi connectivity index (χ4n) is 3.94. The number of hydrogen-bond acceptors (Lipinski definition) is 3. The lowest BCUT2D eigenvalue weighted by atomic mass is 9.85. The molecule has 0 radical (unpaired) electrons. The molecule has 2 aliphatic rings. The third-order valence-corrected chi connectivity index (χ3v) is 5.55. The first kappa shape index (κ1) is 14.9. The number of rotatable bonds is 3. The molecular formula is C18H29N3. The molecule has 0 spiro atoms. The predicted octanol–water partition coefficient (Wildman–Crippen LogP) is 2.57. The van der Waals surface area contributed by atoms with E-state index in [1.807, 2.05) is 0 Å². The number of benzene rings is 1. The van der Waals surface area contributed by atoms with Crippen molar-refractivity contribution in [1.82, 2.24) is 4.90 Å². The lowest BCUT2D eigenvalue weighted by Crippen LogP contribution is -2.51. The summed E-state index contributed by atoms with van der Waals surface area (Å²) in [5, 5.41) is 0. The molecule has 2 saturated heterocycles. The normalized spacial score (nSPS) is 28.8. The van der Waals surface area contributed by atoms with E-state index in [1.54, 1.807) is 0 Å². The number of para-hydroxylation sites is 1. The van der Waals surface area contributed by atoms with Crippen molar-refractivity contribution in [2.45, 2.75) is 32.2 Å². The van der Waals surface area contributed by atoms with Gasteiger partial charge in [0, 0.05) is 31.4 Å². The zero-order valence-electron chi connectivity index (χ0n) is 13.2. The number of anilines is 1. The molecule has 0 saturated carbocycles. The van der Waals surface area contributed by atoms with E-state index >= 15 is 0 Å². The maximum Gasteiger partial charge on any atom is 0.0366 e. The van der Waals surface area contributed by atoms with Gasteiger partial charge >= 0.3 is 0 Å². The highest BCUT2D eigenvalue weighted by atomic mass is 15.2. The maximum absolute atomic E-state index is 5.95. The first-order chi connectivity index (χ1) is 10.3. The number of nitrogens with zero attached hydrogens (tertiary/aromatic N) is 2. The van der Waals surface area contributed by atoms with E-state index in [-0.39, 0.29) is 0 Å². The number of nitrogens with two attached hydrogens (primary N) is 1. The summed E-state index contributed by atoms with van der Waals surface area (Å²) < 4.78 is 0. The second-order valence-corrected chi connectivity index (χ2v) is 6.81. The summed E-state index contributed by atoms with van der Waals surface area (Å²) in [6.45, 7) is 8.08. The van der Waals surface area contributed by atoms with E-state index in [0.29, 0.717) is 5.92 Å². The highest BCUT2D eigenvalue weighted by Gasteiger charge is 2.31. The maximum atomic E-state index is 5.95. The van der Waals surface area contributed by atoms with Crippen LogP contribution in [-0.2, 0) is 0 Å². The van der Waals surface area contributed by atoms with Gasteiger partial charge in [-0.2, -0.15) is 0 Å². The van der Waals surface area contributed by atoms with Crippen LogP contribution in [0.4, 0.5) is 5.69 Å². The Bertz CT molecular complexity index is 425. The second kappa shape index (κ2) is 6.80. The summed E-state index contributed by atoms with van der Waals surface area (Å²) in [6.07, 6.45) is 3.90. The average Bonchev–Trinajstić information content (AvgIpc) is 2.56. The molecule has 0 aromatic heterocycles. The summed E-state index contributed by atoms with van der Waals surface area (Å²) in [5.41, 5.74) is 7.33. The van der Waals surface area contributed by atoms with Gasteiger partial charge in [0.2, 0.25) is 0 Å². The Labute approximate surface area is 129 Å². The van der Waals surface area contributed by atoms with Gasteiger partial charge in [0.15, 0.2) is 0 Å². The van der Waals surface area contributed by atoms with Crippen molar-refractivity contribution in [1.29, 1.82) is 0 Å². The number of hydrogen-bond donors (Lipinski definition) is 1. The van der Waals surface area contributed by atoms with Gasteiger partial charge in [0.25, 0.3) is 0 Å². The lowest BCUT2D eigenvalue weighted by molar-refractivity contribution is 0.0791. The first-order valence-corrected chi connectivity index (χ1v) is 8.52. The van der Waals surface area contributed by atoms with E-state index in [9.17, 15) is 0 Å². The zero-order valence-corrected chi connectivity index (χ0v) is 13.2. The van der Waals surface area contributed by atoms with Crippen LogP contribution in [0.25, 0.3) is 0 Å². The third-order valence-electron chi connectivity index (χ3n) is 5.55. The molecule has 0 aliphatic carbocycles. The quantitative estimate of drug-likeness (QED) is 0.927. The van der Waals surface area contributed by atoms with Gasteiger partial charge in [-0.3, -0.25) is 4.90 Å². The summed E-state index contributed by atoms with van der Waals surface area (Å²) in [7, 11) is 0. The molecule has 0 amide bonds. The average molecular weight is 287 g/mol. The fraction of sp³-hybridized carbons (Fsp3) is 0.667. The van der Waals surface area contributed by atoms with Crippen LogP contribution in [0.3, 0.4) is 0 Å². The Morgan fingerprint density at radius 3 is 2.43 bits per heavy atom. The fourth-order valence-corrected chi connectivity index (χ4v) is 3.94. The van der Waals surface area contributed by atoms with Gasteiger partial charge in [0.05, 0.1) is 0 Å². The van der Waals surface area contributed by atoms with E-state index in [1.165, 1.54) is 51.1 Å². The van der Waals surface area contributed by atoms with Crippen molar-refractivity contribution in [3.8, 4) is 0 Å². The van der Waals surface area contributed by atoms with Crippen LogP contribution < -0.4 is 10.6 Å². The van der Waals surface area contributed by atoms with Crippen LogP contribution >= 0.6 is 0 Å². The van der Waals surface area contributed by atoms with Crippen molar-refractivity contribution >= 4 is 5.69 Å². The van der Waals surface area contributed by atoms with Gasteiger partial charge in [-0.1, -0.05) is 25.1 Å². The van der Waals surface area contributed by atoms with E-state index in [4.69, 9.17) is 5.73 Å². The van der Waals surface area contributed by atoms with Crippen molar-refractivity contribution in [2.24, 2.45) is 17.6 Å². The molecule has 21 heavy (non-hydrogen) atoms. The standard InChI is InChI=1S/C18H29N3/c1-15-7-10-21(14-16(15)13-19)18-8-11-20(12-9-18)17-5-3-2-4-6-17/h2-6,15-16,18H,7-14,19H2,1H3. The molecule has 2 atom stereocenters. The molecule has 3 rings (SSSR count). The third kappa shape index (κ3) is 3.41. The highest BCUT2D eigenvalue weighted by Crippen LogP contribution is 2.28. The van der Waals surface area contributed by atoms with Crippen LogP contribution in [0.5, 0.6) is 0 Å². The van der Waals surface area contributed by atoms with Gasteiger partial charge in [-0.05, 0) is 56.3 Å². The van der Waals surface area contributed by atoms with Crippen LogP contribution in [-0.4, -0.2) is 43.7 Å². The van der Waals surface area contributed by atoms with Gasteiger partial charge in [0.1, 0.15) is 0 Å². The predicted molar refractivity (Wildman–Crippen MR) is 89.6 cm³/mol. The molecule has 2 unspecified atom stereocenters. The number of likely N-dealkylation sites (tertiary alicyclic amines) is 1. The molecule has 1 aromatic carbocycles. The molecule has 2 aliphatic heterocycles. The monoisotopic (exact) mass is 287 g/mol. The summed E-state index contributed by atoms with van der Waals surface area (Å²) in [4.78, 5) is 5.25. The smallest absolute Gasteiger partial charge is 0.0366 e. The molecule has 116 valence electrons. The minimum Gasteiger partial charge on any atom is -0.371 e. The van der Waals surface area contributed by atoms with Crippen LogP contribution in [0, 0.1) is 11.8 Å². The molecular weight excluding hydrogens is 258 g/mol. The van der Waals surface area contributed by atoms with Crippen LogP contribution in [0.1, 0.15) is 26.2 Å². The first-order valence-electron chi connectivity index (χ1n) is 8.52. The van der Waals surface area contributed by atoms with Gasteiger partial charge in [-0.25, -0.2) is 0 Å². The summed E-state index contributed by atoms with van der Waals surface area (Å²) in [6, 6.07) is 11.6. The van der Waals surface area contributed by atoms with Crippen molar-refractivity contribution in [3.05, 3.63) is 30.3 Å². The topological polar surface area (TPSA) is 32.5 Å².